The Bertz CT molecular complexity index is 829. The monoisotopic (exact) mass is 365 g/mol. The van der Waals surface area contributed by atoms with E-state index in [-0.39, 0.29) is 11.4 Å². The third kappa shape index (κ3) is 3.31. The van der Waals surface area contributed by atoms with Crippen LogP contribution in [0.1, 0.15) is 48.9 Å². The highest BCUT2D eigenvalue weighted by molar-refractivity contribution is 6.04. The number of rotatable bonds is 4. The van der Waals surface area contributed by atoms with Crippen LogP contribution in [0.2, 0.25) is 0 Å². The van der Waals surface area contributed by atoms with Crippen LogP contribution in [0.15, 0.2) is 42.6 Å². The molecule has 0 saturated heterocycles. The SMILES string of the molecule is O=C(Nc1ccc(NC23CC4CC(CC(C4)C2)C3)nc1)c1cccc(F)c1. The van der Waals surface area contributed by atoms with Crippen molar-refractivity contribution in [2.24, 2.45) is 17.8 Å². The lowest BCUT2D eigenvalue weighted by Gasteiger charge is -2.57. The number of amides is 1. The molecule has 1 aromatic carbocycles. The van der Waals surface area contributed by atoms with Gasteiger partial charge in [0.05, 0.1) is 11.9 Å². The van der Waals surface area contributed by atoms with Crippen LogP contribution >= 0.6 is 0 Å². The summed E-state index contributed by atoms with van der Waals surface area (Å²) in [4.78, 5) is 16.7. The third-order valence-electron chi connectivity index (χ3n) is 6.54. The first-order chi connectivity index (χ1) is 13.1. The van der Waals surface area contributed by atoms with E-state index in [2.05, 4.69) is 15.6 Å². The van der Waals surface area contributed by atoms with Gasteiger partial charge in [-0.25, -0.2) is 9.37 Å². The number of nitrogens with one attached hydrogen (secondary N) is 2. The van der Waals surface area contributed by atoms with Crippen molar-refractivity contribution < 1.29 is 9.18 Å². The molecule has 0 atom stereocenters. The average Bonchev–Trinajstić information content (AvgIpc) is 2.62. The topological polar surface area (TPSA) is 54.0 Å². The fourth-order valence-electron chi connectivity index (χ4n) is 5.91. The number of nitrogens with zero attached hydrogens (tertiary/aromatic N) is 1. The quantitative estimate of drug-likeness (QED) is 0.814. The molecule has 4 nitrogen and oxygen atoms in total. The van der Waals surface area contributed by atoms with E-state index < -0.39 is 5.82 Å². The Morgan fingerprint density at radius 2 is 1.74 bits per heavy atom. The summed E-state index contributed by atoms with van der Waals surface area (Å²) >= 11 is 0. The second kappa shape index (κ2) is 6.32. The zero-order chi connectivity index (χ0) is 18.4. The van der Waals surface area contributed by atoms with Crippen molar-refractivity contribution >= 4 is 17.4 Å². The Morgan fingerprint density at radius 3 is 2.33 bits per heavy atom. The Labute approximate surface area is 158 Å². The van der Waals surface area contributed by atoms with Crippen molar-refractivity contribution in [3.63, 3.8) is 0 Å². The summed E-state index contributed by atoms with van der Waals surface area (Å²) in [5.41, 5.74) is 1.12. The van der Waals surface area contributed by atoms with Crippen LogP contribution in [0.25, 0.3) is 0 Å². The molecule has 2 aromatic rings. The van der Waals surface area contributed by atoms with Crippen LogP contribution in [0.5, 0.6) is 0 Å². The van der Waals surface area contributed by atoms with Crippen molar-refractivity contribution in [3.05, 3.63) is 54.0 Å². The highest BCUT2D eigenvalue weighted by atomic mass is 19.1. The first-order valence-electron chi connectivity index (χ1n) is 9.88. The molecule has 0 spiro atoms. The smallest absolute Gasteiger partial charge is 0.255 e. The largest absolute Gasteiger partial charge is 0.365 e. The predicted octanol–water partition coefficient (Wildman–Crippen LogP) is 4.85. The maximum absolute atomic E-state index is 13.3. The Morgan fingerprint density at radius 1 is 1.04 bits per heavy atom. The van der Waals surface area contributed by atoms with Gasteiger partial charge < -0.3 is 10.6 Å². The summed E-state index contributed by atoms with van der Waals surface area (Å²) in [5.74, 6) is 2.77. The summed E-state index contributed by atoms with van der Waals surface area (Å²) in [7, 11) is 0. The van der Waals surface area contributed by atoms with Gasteiger partial charge in [-0.2, -0.15) is 0 Å². The Hall–Kier alpha value is -2.43. The fraction of sp³-hybridized carbons (Fsp3) is 0.455. The lowest BCUT2D eigenvalue weighted by Crippen LogP contribution is -2.54. The third-order valence-corrected chi connectivity index (χ3v) is 6.54. The molecule has 0 radical (unpaired) electrons. The lowest BCUT2D eigenvalue weighted by atomic mass is 9.53. The zero-order valence-electron chi connectivity index (χ0n) is 15.2. The van der Waals surface area contributed by atoms with Gasteiger partial charge in [0.1, 0.15) is 11.6 Å². The van der Waals surface area contributed by atoms with Gasteiger partial charge in [0.2, 0.25) is 0 Å². The minimum absolute atomic E-state index is 0.216. The highest BCUT2D eigenvalue weighted by Crippen LogP contribution is 2.56. The van der Waals surface area contributed by atoms with E-state index in [1.54, 1.807) is 12.3 Å². The minimum Gasteiger partial charge on any atom is -0.365 e. The lowest BCUT2D eigenvalue weighted by molar-refractivity contribution is 0.0105. The van der Waals surface area contributed by atoms with Gasteiger partial charge in [0.25, 0.3) is 5.91 Å². The van der Waals surface area contributed by atoms with Crippen molar-refractivity contribution in [1.82, 2.24) is 4.98 Å². The molecule has 1 aromatic heterocycles. The van der Waals surface area contributed by atoms with E-state index in [9.17, 15) is 9.18 Å². The van der Waals surface area contributed by atoms with Crippen LogP contribution < -0.4 is 10.6 Å². The number of aromatic nitrogens is 1. The standard InChI is InChI=1S/C22H24FN3O/c23-18-3-1-2-17(9-18)21(27)25-19-4-5-20(24-13-19)26-22-10-14-6-15(11-22)8-16(7-14)12-22/h1-5,9,13-16H,6-8,10-12H2,(H,24,26)(H,25,27). The van der Waals surface area contributed by atoms with E-state index in [1.807, 2.05) is 12.1 Å². The number of hydrogen-bond acceptors (Lipinski definition) is 3. The van der Waals surface area contributed by atoms with Crippen LogP contribution in [0.3, 0.4) is 0 Å². The molecule has 4 aliphatic carbocycles. The maximum Gasteiger partial charge on any atom is 0.255 e. The van der Waals surface area contributed by atoms with E-state index in [0.29, 0.717) is 11.3 Å². The number of anilines is 2. The van der Waals surface area contributed by atoms with Crippen LogP contribution in [-0.2, 0) is 0 Å². The molecule has 0 aliphatic heterocycles. The molecule has 4 saturated carbocycles. The molecule has 1 heterocycles. The first-order valence-corrected chi connectivity index (χ1v) is 9.88. The van der Waals surface area contributed by atoms with Gasteiger partial charge in [-0.05, 0) is 86.6 Å². The molecule has 27 heavy (non-hydrogen) atoms. The molecule has 4 bridgehead atoms. The van der Waals surface area contributed by atoms with Crippen LogP contribution in [0, 0.1) is 23.6 Å². The number of halogens is 1. The molecule has 0 unspecified atom stereocenters. The van der Waals surface area contributed by atoms with Gasteiger partial charge >= 0.3 is 0 Å². The summed E-state index contributed by atoms with van der Waals surface area (Å²) in [5, 5.41) is 6.51. The van der Waals surface area contributed by atoms with Gasteiger partial charge in [-0.3, -0.25) is 4.79 Å². The molecule has 1 amide bonds. The number of carbonyl (C=O) groups is 1. The number of pyridine rings is 1. The summed E-state index contributed by atoms with van der Waals surface area (Å²) < 4.78 is 13.3. The van der Waals surface area contributed by atoms with Crippen molar-refractivity contribution in [3.8, 4) is 0 Å². The zero-order valence-corrected chi connectivity index (χ0v) is 15.2. The normalized spacial score (nSPS) is 30.9. The van der Waals surface area contributed by atoms with Gasteiger partial charge in [-0.1, -0.05) is 6.07 Å². The first kappa shape index (κ1) is 16.7. The highest BCUT2D eigenvalue weighted by Gasteiger charge is 2.51. The minimum atomic E-state index is -0.420. The van der Waals surface area contributed by atoms with E-state index in [1.165, 1.54) is 56.7 Å². The van der Waals surface area contributed by atoms with E-state index in [0.717, 1.165) is 23.6 Å². The fourth-order valence-corrected chi connectivity index (χ4v) is 5.91. The number of benzene rings is 1. The molecule has 2 N–H and O–H groups in total. The molecule has 4 fully saturated rings. The second-order valence-corrected chi connectivity index (χ2v) is 8.72. The number of hydrogen-bond donors (Lipinski definition) is 2. The molecular weight excluding hydrogens is 341 g/mol. The van der Waals surface area contributed by atoms with E-state index in [4.69, 9.17) is 0 Å². The van der Waals surface area contributed by atoms with Gasteiger partial charge in [0, 0.05) is 11.1 Å². The van der Waals surface area contributed by atoms with Crippen molar-refractivity contribution in [2.75, 3.05) is 10.6 Å². The molecule has 140 valence electrons. The summed E-state index contributed by atoms with van der Waals surface area (Å²) in [6.45, 7) is 0. The van der Waals surface area contributed by atoms with Gasteiger partial charge in [-0.15, -0.1) is 0 Å². The van der Waals surface area contributed by atoms with Crippen molar-refractivity contribution in [2.45, 2.75) is 44.1 Å². The van der Waals surface area contributed by atoms with Gasteiger partial charge in [0.15, 0.2) is 0 Å². The summed E-state index contributed by atoms with van der Waals surface area (Å²) in [6, 6.07) is 9.46. The van der Waals surface area contributed by atoms with Crippen molar-refractivity contribution in [1.29, 1.82) is 0 Å². The van der Waals surface area contributed by atoms with Crippen LogP contribution in [0.4, 0.5) is 15.9 Å². The number of carbonyl (C=O) groups excluding carboxylic acids is 1. The maximum atomic E-state index is 13.3. The average molecular weight is 365 g/mol. The molecular formula is C22H24FN3O. The summed E-state index contributed by atoms with van der Waals surface area (Å²) in [6.07, 6.45) is 9.70. The molecule has 5 heteroatoms. The second-order valence-electron chi connectivity index (χ2n) is 8.72. The predicted molar refractivity (Wildman–Crippen MR) is 103 cm³/mol. The van der Waals surface area contributed by atoms with Crippen LogP contribution in [-0.4, -0.2) is 16.4 Å². The Balaban J connectivity index is 1.26. The molecule has 4 aliphatic rings. The van der Waals surface area contributed by atoms with E-state index >= 15 is 0 Å². The molecule has 6 rings (SSSR count). The Kier molecular flexibility index (Phi) is 3.92.